The number of hydrogen-bond acceptors (Lipinski definition) is 2. The van der Waals surface area contributed by atoms with Crippen LogP contribution >= 0.6 is 0 Å². The Hall–Kier alpha value is -0.294. The summed E-state index contributed by atoms with van der Waals surface area (Å²) in [6.07, 6.45) is 4.81. The second-order valence-corrected chi connectivity index (χ2v) is 4.56. The molecule has 0 aliphatic heterocycles. The molecule has 0 saturated carbocycles. The van der Waals surface area contributed by atoms with Gasteiger partial charge in [0.1, 0.15) is 0 Å². The lowest BCUT2D eigenvalue weighted by Crippen LogP contribution is -2.42. The lowest BCUT2D eigenvalue weighted by molar-refractivity contribution is -0.167. The molecule has 0 aliphatic rings. The van der Waals surface area contributed by atoms with Crippen molar-refractivity contribution in [2.45, 2.75) is 52.9 Å². The molecule has 0 fully saturated rings. The Morgan fingerprint density at radius 3 is 1.94 bits per heavy atom. The van der Waals surface area contributed by atoms with Crippen LogP contribution in [0.3, 0.4) is 0 Å². The molecule has 2 N–H and O–H groups in total. The first kappa shape index (κ1) is 19.1. The van der Waals surface area contributed by atoms with Crippen molar-refractivity contribution in [2.24, 2.45) is 11.3 Å². The van der Waals surface area contributed by atoms with Crippen LogP contribution < -0.4 is 0 Å². The van der Waals surface area contributed by atoms with E-state index in [-0.39, 0.29) is 29.0 Å². The zero-order valence-corrected chi connectivity index (χ0v) is 10.3. The molecule has 0 spiro atoms. The maximum absolute atomic E-state index is 11.0. The van der Waals surface area contributed by atoms with Crippen molar-refractivity contribution in [3.8, 4) is 0 Å². The summed E-state index contributed by atoms with van der Waals surface area (Å²) in [5, 5.41) is 18.0. The average Bonchev–Trinajstić information content (AvgIpc) is 2.22. The van der Waals surface area contributed by atoms with Crippen LogP contribution in [-0.4, -0.2) is 45.2 Å². The molecule has 0 aromatic carbocycles. The molecule has 0 heterocycles. The fourth-order valence-corrected chi connectivity index (χ4v) is 1.68. The molecule has 0 radical (unpaired) electrons. The third kappa shape index (κ3) is 5.25. The minimum absolute atomic E-state index is 0. The van der Waals surface area contributed by atoms with Crippen LogP contribution in [0.5, 0.6) is 0 Å². The molecular formula is C12H24MgO4. The number of carboxylic acids is 2. The van der Waals surface area contributed by atoms with Crippen molar-refractivity contribution in [3.05, 3.63) is 0 Å². The summed E-state index contributed by atoms with van der Waals surface area (Å²) in [6, 6.07) is 0. The molecule has 0 aromatic heterocycles. The summed E-state index contributed by atoms with van der Waals surface area (Å²) >= 11 is 0. The van der Waals surface area contributed by atoms with Gasteiger partial charge in [0.05, 0.1) is 0 Å². The Kier molecular flexibility index (Phi) is 9.80. The summed E-state index contributed by atoms with van der Waals surface area (Å²) in [5.74, 6) is -2.84. The predicted molar refractivity (Wildman–Crippen MR) is 69.8 cm³/mol. The van der Waals surface area contributed by atoms with E-state index in [4.69, 9.17) is 10.2 Å². The minimum Gasteiger partial charge on any atom is -0.480 e. The summed E-state index contributed by atoms with van der Waals surface area (Å²) in [6.45, 7) is 5.10. The van der Waals surface area contributed by atoms with Gasteiger partial charge in [-0.1, -0.05) is 39.5 Å². The fraction of sp³-hybridized carbons (Fsp3) is 0.833. The minimum atomic E-state index is -1.66. The van der Waals surface area contributed by atoms with E-state index in [0.29, 0.717) is 6.42 Å². The number of carboxylic acid groups (broad SMARTS) is 2. The van der Waals surface area contributed by atoms with E-state index in [1.165, 1.54) is 6.92 Å². The van der Waals surface area contributed by atoms with E-state index in [1.807, 2.05) is 0 Å². The molecule has 17 heavy (non-hydrogen) atoms. The van der Waals surface area contributed by atoms with Crippen LogP contribution in [0.1, 0.15) is 52.9 Å². The van der Waals surface area contributed by atoms with Gasteiger partial charge in [0.15, 0.2) is 5.41 Å². The third-order valence-electron chi connectivity index (χ3n) is 3.36. The van der Waals surface area contributed by atoms with Crippen LogP contribution in [0.15, 0.2) is 0 Å². The van der Waals surface area contributed by atoms with Gasteiger partial charge in [-0.3, -0.25) is 9.59 Å². The van der Waals surface area contributed by atoms with Gasteiger partial charge in [-0.2, -0.15) is 0 Å². The fourth-order valence-electron chi connectivity index (χ4n) is 1.68. The van der Waals surface area contributed by atoms with E-state index in [0.717, 1.165) is 25.7 Å². The predicted octanol–water partition coefficient (Wildman–Crippen LogP) is 1.85. The molecular weight excluding hydrogens is 232 g/mol. The highest BCUT2D eigenvalue weighted by Crippen LogP contribution is 2.32. The quantitative estimate of drug-likeness (QED) is 0.395. The second kappa shape index (κ2) is 8.75. The molecule has 0 aromatic rings. The highest BCUT2D eigenvalue weighted by Gasteiger charge is 2.46. The molecule has 0 rings (SSSR count). The lowest BCUT2D eigenvalue weighted by atomic mass is 9.75. The van der Waals surface area contributed by atoms with Crippen LogP contribution in [0, 0.1) is 11.3 Å². The van der Waals surface area contributed by atoms with Gasteiger partial charge >= 0.3 is 35.0 Å². The smallest absolute Gasteiger partial charge is 0.321 e. The van der Waals surface area contributed by atoms with E-state index in [1.54, 1.807) is 6.92 Å². The molecule has 1 atom stereocenters. The highest BCUT2D eigenvalue weighted by molar-refractivity contribution is 5.98. The summed E-state index contributed by atoms with van der Waals surface area (Å²) < 4.78 is 0. The van der Waals surface area contributed by atoms with E-state index < -0.39 is 17.4 Å². The number of carbonyl (C=O) groups is 2. The summed E-state index contributed by atoms with van der Waals surface area (Å²) in [5.41, 5.74) is -1.66. The van der Waals surface area contributed by atoms with Gasteiger partial charge in [0, 0.05) is 0 Å². The molecule has 0 amide bonds. The lowest BCUT2D eigenvalue weighted by Gasteiger charge is -2.27. The van der Waals surface area contributed by atoms with Gasteiger partial charge in [-0.05, 0) is 19.3 Å². The van der Waals surface area contributed by atoms with Crippen molar-refractivity contribution >= 4 is 35.0 Å². The van der Waals surface area contributed by atoms with Crippen LogP contribution in [0.25, 0.3) is 0 Å². The van der Waals surface area contributed by atoms with Gasteiger partial charge in [-0.15, -0.1) is 0 Å². The first-order valence-corrected chi connectivity index (χ1v) is 5.84. The molecule has 1 unspecified atom stereocenters. The third-order valence-corrected chi connectivity index (χ3v) is 3.36. The SMILES string of the molecule is CCCCCCC(C)C(C)(C(=O)O)C(=O)O.[MgH2]. The molecule has 0 saturated heterocycles. The molecule has 0 aliphatic carbocycles. The first-order valence-electron chi connectivity index (χ1n) is 5.84. The monoisotopic (exact) mass is 256 g/mol. The first-order chi connectivity index (χ1) is 7.37. The number of unbranched alkanes of at least 4 members (excludes halogenated alkanes) is 3. The maximum atomic E-state index is 11.0. The summed E-state index contributed by atoms with van der Waals surface area (Å²) in [4.78, 5) is 22.0. The van der Waals surface area contributed by atoms with Crippen LogP contribution in [0.2, 0.25) is 0 Å². The Bertz CT molecular complexity index is 239. The van der Waals surface area contributed by atoms with Crippen LogP contribution in [0.4, 0.5) is 0 Å². The van der Waals surface area contributed by atoms with Crippen molar-refractivity contribution in [2.75, 3.05) is 0 Å². The van der Waals surface area contributed by atoms with Gasteiger partial charge in [0.25, 0.3) is 0 Å². The topological polar surface area (TPSA) is 74.6 Å². The van der Waals surface area contributed by atoms with E-state index in [2.05, 4.69) is 6.92 Å². The molecule has 98 valence electrons. The second-order valence-electron chi connectivity index (χ2n) is 4.56. The standard InChI is InChI=1S/C12H22O4.Mg.2H/c1-4-5-6-7-8-9(2)12(3,10(13)14)11(15)16;;;/h9H,4-8H2,1-3H3,(H,13,14)(H,15,16);;;. The summed E-state index contributed by atoms with van der Waals surface area (Å²) in [7, 11) is 0. The van der Waals surface area contributed by atoms with Gasteiger partial charge in [0.2, 0.25) is 0 Å². The van der Waals surface area contributed by atoms with E-state index in [9.17, 15) is 9.59 Å². The van der Waals surface area contributed by atoms with Crippen LogP contribution in [-0.2, 0) is 9.59 Å². The molecule has 4 nitrogen and oxygen atoms in total. The zero-order chi connectivity index (χ0) is 12.8. The Morgan fingerprint density at radius 2 is 1.59 bits per heavy atom. The van der Waals surface area contributed by atoms with Gasteiger partial charge < -0.3 is 10.2 Å². The Morgan fingerprint density at radius 1 is 1.12 bits per heavy atom. The Balaban J connectivity index is 0. The normalized spacial score (nSPS) is 12.6. The van der Waals surface area contributed by atoms with Crippen molar-refractivity contribution < 1.29 is 19.8 Å². The zero-order valence-electron chi connectivity index (χ0n) is 10.3. The molecule has 5 heteroatoms. The number of hydrogen-bond donors (Lipinski definition) is 2. The van der Waals surface area contributed by atoms with Crippen molar-refractivity contribution in [1.29, 1.82) is 0 Å². The van der Waals surface area contributed by atoms with Gasteiger partial charge in [-0.25, -0.2) is 0 Å². The highest BCUT2D eigenvalue weighted by atomic mass is 24.3. The largest absolute Gasteiger partial charge is 0.480 e. The molecule has 0 bridgehead atoms. The van der Waals surface area contributed by atoms with Crippen molar-refractivity contribution in [1.82, 2.24) is 0 Å². The van der Waals surface area contributed by atoms with Crippen molar-refractivity contribution in [3.63, 3.8) is 0 Å². The number of aliphatic carboxylic acids is 2. The number of rotatable bonds is 8. The average molecular weight is 257 g/mol. The van der Waals surface area contributed by atoms with E-state index >= 15 is 0 Å². The Labute approximate surface area is 119 Å². The maximum Gasteiger partial charge on any atom is 0.321 e.